The summed E-state index contributed by atoms with van der Waals surface area (Å²) in [4.78, 5) is 28.0. The van der Waals surface area contributed by atoms with Crippen LogP contribution in [-0.4, -0.2) is 22.0 Å². The van der Waals surface area contributed by atoms with Crippen LogP contribution in [0, 0.1) is 4.77 Å². The van der Waals surface area contributed by atoms with Crippen LogP contribution in [0.2, 0.25) is 0 Å². The van der Waals surface area contributed by atoms with Gasteiger partial charge in [-0.2, -0.15) is 0 Å². The Hall–Kier alpha value is -2.73. The van der Waals surface area contributed by atoms with Crippen molar-refractivity contribution in [3.05, 3.63) is 75.3 Å². The van der Waals surface area contributed by atoms with Gasteiger partial charge in [-0.25, -0.2) is 0 Å². The van der Waals surface area contributed by atoms with Crippen molar-refractivity contribution in [1.29, 1.82) is 0 Å². The summed E-state index contributed by atoms with van der Waals surface area (Å²) in [5, 5.41) is 3.54. The molecule has 1 aromatic heterocycles. The molecule has 27 heavy (non-hydrogen) atoms. The monoisotopic (exact) mass is 381 g/mol. The van der Waals surface area contributed by atoms with Crippen LogP contribution in [-0.2, 0) is 16.8 Å². The lowest BCUT2D eigenvalue weighted by atomic mass is 9.84. The van der Waals surface area contributed by atoms with Crippen LogP contribution in [0.1, 0.15) is 25.8 Å². The van der Waals surface area contributed by atoms with Crippen LogP contribution < -0.4 is 10.9 Å². The second kappa shape index (κ2) is 7.88. The molecule has 0 aliphatic carbocycles. The van der Waals surface area contributed by atoms with Gasteiger partial charge in [-0.1, -0.05) is 56.3 Å². The Labute approximate surface area is 163 Å². The minimum absolute atomic E-state index is 0.103. The quantitative estimate of drug-likeness (QED) is 0.642. The number of hydrogen-bond donors (Lipinski definition) is 2. The SMILES string of the molecule is CC(C)(CNC(=O)CCn1c(=S)[nH]c2ccccc2c1=O)c1ccccc1. The van der Waals surface area contributed by atoms with Gasteiger partial charge in [-0.3, -0.25) is 14.2 Å². The maximum atomic E-state index is 12.6. The summed E-state index contributed by atoms with van der Waals surface area (Å²) in [6.45, 7) is 4.95. The molecule has 1 amide bonds. The topological polar surface area (TPSA) is 66.9 Å². The highest BCUT2D eigenvalue weighted by Gasteiger charge is 2.21. The first kappa shape index (κ1) is 19.0. The largest absolute Gasteiger partial charge is 0.355 e. The van der Waals surface area contributed by atoms with E-state index in [2.05, 4.69) is 36.3 Å². The minimum Gasteiger partial charge on any atom is -0.355 e. The molecule has 3 rings (SSSR count). The van der Waals surface area contributed by atoms with Crippen molar-refractivity contribution in [2.24, 2.45) is 0 Å². The van der Waals surface area contributed by atoms with E-state index in [1.54, 1.807) is 6.07 Å². The van der Waals surface area contributed by atoms with Crippen molar-refractivity contribution in [1.82, 2.24) is 14.9 Å². The number of aromatic amines is 1. The number of fused-ring (bicyclic) bond motifs is 1. The van der Waals surface area contributed by atoms with Crippen molar-refractivity contribution < 1.29 is 4.79 Å². The standard InChI is InChI=1S/C21H23N3O2S/c1-21(2,15-8-4-3-5-9-15)14-22-18(25)12-13-24-19(26)16-10-6-7-11-17(16)23-20(24)27/h3-11H,12-14H2,1-2H3,(H,22,25)(H,23,27). The molecular formula is C21H23N3O2S. The van der Waals surface area contributed by atoms with Gasteiger partial charge in [-0.05, 0) is 29.9 Å². The van der Waals surface area contributed by atoms with Crippen molar-refractivity contribution >= 4 is 29.0 Å². The summed E-state index contributed by atoms with van der Waals surface area (Å²) in [5.41, 5.74) is 1.52. The summed E-state index contributed by atoms with van der Waals surface area (Å²) in [6.07, 6.45) is 0.195. The number of nitrogens with zero attached hydrogens (tertiary/aromatic N) is 1. The predicted octanol–water partition coefficient (Wildman–Crippen LogP) is 3.54. The van der Waals surface area contributed by atoms with Gasteiger partial charge in [0, 0.05) is 24.9 Å². The van der Waals surface area contributed by atoms with Crippen molar-refractivity contribution in [3.8, 4) is 0 Å². The summed E-state index contributed by atoms with van der Waals surface area (Å²) in [5.74, 6) is -0.103. The molecule has 0 aliphatic rings. The number of para-hydroxylation sites is 1. The Morgan fingerprint density at radius 2 is 1.78 bits per heavy atom. The Morgan fingerprint density at radius 3 is 2.52 bits per heavy atom. The lowest BCUT2D eigenvalue weighted by molar-refractivity contribution is -0.121. The molecule has 0 atom stereocenters. The third kappa shape index (κ3) is 4.34. The molecule has 3 aromatic rings. The molecule has 5 nitrogen and oxygen atoms in total. The third-order valence-corrected chi connectivity index (χ3v) is 5.06. The van der Waals surface area contributed by atoms with Crippen LogP contribution >= 0.6 is 12.2 Å². The molecule has 0 saturated carbocycles. The van der Waals surface area contributed by atoms with Crippen molar-refractivity contribution in [3.63, 3.8) is 0 Å². The van der Waals surface area contributed by atoms with Gasteiger partial charge >= 0.3 is 0 Å². The molecule has 0 bridgehead atoms. The van der Waals surface area contributed by atoms with E-state index in [1.165, 1.54) is 10.1 Å². The Bertz CT molecular complexity index is 1070. The number of aromatic nitrogens is 2. The molecule has 6 heteroatoms. The number of carbonyl (C=O) groups is 1. The molecule has 140 valence electrons. The lowest BCUT2D eigenvalue weighted by Crippen LogP contribution is -2.37. The zero-order valence-corrected chi connectivity index (χ0v) is 16.3. The van der Waals surface area contributed by atoms with Crippen LogP contribution in [0.15, 0.2) is 59.4 Å². The first-order chi connectivity index (χ1) is 12.9. The molecule has 2 N–H and O–H groups in total. The molecule has 2 aromatic carbocycles. The fourth-order valence-corrected chi connectivity index (χ4v) is 3.30. The summed E-state index contributed by atoms with van der Waals surface area (Å²) < 4.78 is 1.77. The zero-order chi connectivity index (χ0) is 19.4. The molecule has 0 fully saturated rings. The van der Waals surface area contributed by atoms with Crippen molar-refractivity contribution in [2.45, 2.75) is 32.2 Å². The van der Waals surface area contributed by atoms with Crippen LogP contribution in [0.5, 0.6) is 0 Å². The zero-order valence-electron chi connectivity index (χ0n) is 15.5. The highest BCUT2D eigenvalue weighted by molar-refractivity contribution is 7.71. The van der Waals surface area contributed by atoms with E-state index in [0.29, 0.717) is 22.2 Å². The maximum Gasteiger partial charge on any atom is 0.262 e. The normalized spacial score (nSPS) is 11.5. The molecule has 0 spiro atoms. The summed E-state index contributed by atoms with van der Waals surface area (Å²) >= 11 is 5.28. The van der Waals surface area contributed by atoms with E-state index in [-0.39, 0.29) is 29.8 Å². The molecule has 1 heterocycles. The number of benzene rings is 2. The number of hydrogen-bond acceptors (Lipinski definition) is 3. The van der Waals surface area contributed by atoms with Gasteiger partial charge in [0.15, 0.2) is 4.77 Å². The van der Waals surface area contributed by atoms with E-state index >= 15 is 0 Å². The van der Waals surface area contributed by atoms with Gasteiger partial charge in [0.1, 0.15) is 0 Å². The molecule has 0 unspecified atom stereocenters. The second-order valence-electron chi connectivity index (χ2n) is 7.21. The third-order valence-electron chi connectivity index (χ3n) is 4.73. The van der Waals surface area contributed by atoms with Gasteiger partial charge in [0.2, 0.25) is 5.91 Å². The molecule has 0 radical (unpaired) electrons. The number of nitrogens with one attached hydrogen (secondary N) is 2. The maximum absolute atomic E-state index is 12.6. The number of H-pyrrole nitrogens is 1. The van der Waals surface area contributed by atoms with Gasteiger partial charge in [-0.15, -0.1) is 0 Å². The smallest absolute Gasteiger partial charge is 0.262 e. The van der Waals surface area contributed by atoms with E-state index in [4.69, 9.17) is 12.2 Å². The molecule has 0 aliphatic heterocycles. The van der Waals surface area contributed by atoms with E-state index in [1.807, 2.05) is 36.4 Å². The fraction of sp³-hybridized carbons (Fsp3) is 0.286. The average Bonchev–Trinajstić information content (AvgIpc) is 2.67. The van der Waals surface area contributed by atoms with E-state index in [0.717, 1.165) is 0 Å². The molecule has 0 saturated heterocycles. The second-order valence-corrected chi connectivity index (χ2v) is 7.60. The molecular weight excluding hydrogens is 358 g/mol. The Morgan fingerprint density at radius 1 is 1.11 bits per heavy atom. The van der Waals surface area contributed by atoms with Crippen LogP contribution in [0.3, 0.4) is 0 Å². The Kier molecular flexibility index (Phi) is 5.56. The van der Waals surface area contributed by atoms with Gasteiger partial charge < -0.3 is 10.3 Å². The number of carbonyl (C=O) groups excluding carboxylic acids is 1. The Balaban J connectivity index is 1.65. The highest BCUT2D eigenvalue weighted by atomic mass is 32.1. The fourth-order valence-electron chi connectivity index (χ4n) is 3.01. The average molecular weight is 382 g/mol. The van der Waals surface area contributed by atoms with E-state index < -0.39 is 0 Å². The van der Waals surface area contributed by atoms with Crippen LogP contribution in [0.4, 0.5) is 0 Å². The lowest BCUT2D eigenvalue weighted by Gasteiger charge is -2.25. The number of rotatable bonds is 6. The van der Waals surface area contributed by atoms with Crippen LogP contribution in [0.25, 0.3) is 10.9 Å². The number of amides is 1. The summed E-state index contributed by atoms with van der Waals surface area (Å²) in [7, 11) is 0. The first-order valence-corrected chi connectivity index (χ1v) is 9.33. The first-order valence-electron chi connectivity index (χ1n) is 8.92. The highest BCUT2D eigenvalue weighted by Crippen LogP contribution is 2.21. The van der Waals surface area contributed by atoms with Gasteiger partial charge in [0.25, 0.3) is 5.56 Å². The van der Waals surface area contributed by atoms with E-state index in [9.17, 15) is 9.59 Å². The van der Waals surface area contributed by atoms with Crippen molar-refractivity contribution in [2.75, 3.05) is 6.54 Å². The summed E-state index contributed by atoms with van der Waals surface area (Å²) in [6, 6.07) is 17.3. The predicted molar refractivity (Wildman–Crippen MR) is 110 cm³/mol. The van der Waals surface area contributed by atoms with Gasteiger partial charge in [0.05, 0.1) is 10.9 Å². The minimum atomic E-state index is -0.174.